The third kappa shape index (κ3) is 15.2. The second-order valence-corrected chi connectivity index (χ2v) is 27.9. The Bertz CT molecular complexity index is 3130. The third-order valence-electron chi connectivity index (χ3n) is 14.4. The molecule has 1 aromatic heterocycles. The minimum Gasteiger partial charge on any atom is -0.480 e. The topological polar surface area (TPSA) is 339 Å². The van der Waals surface area contributed by atoms with E-state index in [0.29, 0.717) is 11.1 Å². The summed E-state index contributed by atoms with van der Waals surface area (Å²) in [6, 6.07) is 17.1. The van der Waals surface area contributed by atoms with E-state index in [-0.39, 0.29) is 98.2 Å². The van der Waals surface area contributed by atoms with Crippen molar-refractivity contribution in [1.82, 2.24) is 43.8 Å². The molecule has 31 heteroatoms. The number of sulfonamides is 2. The van der Waals surface area contributed by atoms with Crippen LogP contribution in [-0.2, 0) is 61.5 Å². The lowest BCUT2D eigenvalue weighted by Gasteiger charge is -2.34. The van der Waals surface area contributed by atoms with Crippen LogP contribution in [-0.4, -0.2) is 213 Å². The highest BCUT2D eigenvalue weighted by Crippen LogP contribution is 2.43. The van der Waals surface area contributed by atoms with Crippen LogP contribution in [0.3, 0.4) is 0 Å². The van der Waals surface area contributed by atoms with E-state index in [2.05, 4.69) is 15.6 Å². The number of ether oxygens (including phenoxy) is 4. The van der Waals surface area contributed by atoms with Gasteiger partial charge in [-0.15, -0.1) is 23.5 Å². The first-order valence-corrected chi connectivity index (χ1v) is 31.4. The Hall–Kier alpha value is -7.71. The van der Waals surface area contributed by atoms with Crippen LogP contribution in [0.5, 0.6) is 11.5 Å². The number of rotatable bonds is 18. The van der Waals surface area contributed by atoms with Crippen LogP contribution < -0.4 is 20.1 Å². The minimum atomic E-state index is -4.15. The number of aliphatic carboxylic acids is 2. The molecule has 4 aromatic rings. The fraction of sp³-hybridized carbons (Fsp3) is 0.426. The average molecular weight is 1250 g/mol. The standard InChI is InChI=1S/C54H63N9O18S4/c1-53(2)43(62(32-82-53)84(74,75)39-9-6-5-7-10-39)45(64)56-41(47(66)67)29-35-12-16-37(17-13-35)80-51(72)60-25-21-58(22-26-60)49(70)78-34-79-50(71)59-23-27-61(28-24-59)52(73)81-38-18-14-36(15-19-38)30-42(48(68)69)57-46(65)44-54(3,4)83-33-63(44)85(76,77)40-11-8-20-55-31-40/h5-20,31,41-44H,21-30,32-34H2,1-4H3,(H,56,64)(H,57,65)(H,66,67)(H,68,69)/t41-,42-,43+,44+/m0/s1. The quantitative estimate of drug-likeness (QED) is 0.103. The zero-order chi connectivity index (χ0) is 61.4. The maximum atomic E-state index is 13.7. The van der Waals surface area contributed by atoms with Gasteiger partial charge in [0.2, 0.25) is 38.7 Å². The van der Waals surface area contributed by atoms with E-state index in [1.165, 1.54) is 128 Å². The van der Waals surface area contributed by atoms with E-state index < -0.39 is 109 Å². The Morgan fingerprint density at radius 3 is 1.27 bits per heavy atom. The number of carboxylic acids is 2. The molecule has 3 aromatic carbocycles. The van der Waals surface area contributed by atoms with E-state index >= 15 is 0 Å². The lowest BCUT2D eigenvalue weighted by molar-refractivity contribution is -0.142. The zero-order valence-corrected chi connectivity index (χ0v) is 49.8. The third-order valence-corrected chi connectivity index (χ3v) is 21.1. The SMILES string of the molecule is CC1(C)SCN(S(=O)(=O)c2ccccc2)[C@@H]1C(=O)N[C@@H](Cc1ccc(OC(=O)N2CCN(C(=O)OCOC(=O)N3CCN(C(=O)Oc4ccc(C[C@H](NC(=O)[C@H]5N(S(=O)(=O)c6cccnc6)CSC5(C)C)C(=O)O)cc4)CC3)CC2)cc1)C(=O)O. The molecule has 4 N–H and O–H groups in total. The molecule has 4 atom stereocenters. The van der Waals surface area contributed by atoms with Gasteiger partial charge in [0.1, 0.15) is 40.6 Å². The van der Waals surface area contributed by atoms with Crippen molar-refractivity contribution in [2.75, 3.05) is 70.9 Å². The first-order chi connectivity index (χ1) is 40.2. The molecule has 4 aliphatic heterocycles. The summed E-state index contributed by atoms with van der Waals surface area (Å²) in [5, 5.41) is 25.2. The summed E-state index contributed by atoms with van der Waals surface area (Å²) in [5.74, 6) is -4.00. The largest absolute Gasteiger partial charge is 0.480 e. The van der Waals surface area contributed by atoms with Crippen molar-refractivity contribution in [2.24, 2.45) is 0 Å². The van der Waals surface area contributed by atoms with Gasteiger partial charge >= 0.3 is 36.3 Å². The second kappa shape index (κ2) is 26.7. The number of hydrogen-bond acceptors (Lipinski definition) is 19. The first kappa shape index (κ1) is 63.3. The summed E-state index contributed by atoms with van der Waals surface area (Å²) in [4.78, 5) is 113. The lowest BCUT2D eigenvalue weighted by atomic mass is 10.0. The monoisotopic (exact) mass is 1250 g/mol. The van der Waals surface area contributed by atoms with Crippen LogP contribution >= 0.6 is 23.5 Å². The van der Waals surface area contributed by atoms with E-state index in [9.17, 15) is 65.4 Å². The molecule has 0 saturated carbocycles. The van der Waals surface area contributed by atoms with Crippen molar-refractivity contribution in [3.8, 4) is 11.5 Å². The highest BCUT2D eigenvalue weighted by molar-refractivity contribution is 8.02. The van der Waals surface area contributed by atoms with Gasteiger partial charge in [-0.25, -0.2) is 45.6 Å². The van der Waals surface area contributed by atoms with Gasteiger partial charge in [0.05, 0.1) is 16.6 Å². The van der Waals surface area contributed by atoms with Gasteiger partial charge in [-0.05, 0) is 87.4 Å². The van der Waals surface area contributed by atoms with Gasteiger partial charge in [0, 0.05) is 87.1 Å². The molecule has 0 bridgehead atoms. The molecule has 4 saturated heterocycles. The number of aromatic nitrogens is 1. The average Bonchev–Trinajstić information content (AvgIpc) is 3.09. The normalized spacial score (nSPS) is 19.7. The van der Waals surface area contributed by atoms with E-state index in [1.54, 1.807) is 45.9 Å². The number of carbonyl (C=O) groups is 8. The summed E-state index contributed by atoms with van der Waals surface area (Å²) in [6.07, 6.45) is -0.779. The predicted molar refractivity (Wildman–Crippen MR) is 305 cm³/mol. The minimum absolute atomic E-state index is 0.00619. The Morgan fingerprint density at radius 2 is 0.906 bits per heavy atom. The smallest absolute Gasteiger partial charge is 0.415 e. The van der Waals surface area contributed by atoms with Gasteiger partial charge < -0.3 is 59.4 Å². The summed E-state index contributed by atoms with van der Waals surface area (Å²) >= 11 is 2.50. The Balaban J connectivity index is 0.715. The summed E-state index contributed by atoms with van der Waals surface area (Å²) < 4.78 is 75.8. The van der Waals surface area contributed by atoms with Gasteiger partial charge in [0.25, 0.3) is 0 Å². The molecule has 0 radical (unpaired) electrons. The second-order valence-electron chi connectivity index (χ2n) is 21.0. The zero-order valence-electron chi connectivity index (χ0n) is 46.5. The molecule has 8 rings (SSSR count). The number of hydrogen-bond donors (Lipinski definition) is 4. The number of carboxylic acid groups (broad SMARTS) is 2. The maximum Gasteiger partial charge on any atom is 0.415 e. The van der Waals surface area contributed by atoms with Gasteiger partial charge in [0.15, 0.2) is 0 Å². The molecule has 4 fully saturated rings. The molecule has 0 spiro atoms. The number of benzene rings is 3. The van der Waals surface area contributed by atoms with Crippen LogP contribution in [0.2, 0.25) is 0 Å². The molecule has 4 aliphatic rings. The lowest BCUT2D eigenvalue weighted by Crippen LogP contribution is -2.56. The van der Waals surface area contributed by atoms with Gasteiger partial charge in [-0.3, -0.25) is 14.6 Å². The van der Waals surface area contributed by atoms with Crippen molar-refractivity contribution in [3.63, 3.8) is 0 Å². The number of nitrogens with zero attached hydrogens (tertiary/aromatic N) is 7. The number of thioether (sulfide) groups is 2. The van der Waals surface area contributed by atoms with Crippen molar-refractivity contribution in [3.05, 3.63) is 115 Å². The molecule has 456 valence electrons. The van der Waals surface area contributed by atoms with Crippen LogP contribution in [0.1, 0.15) is 38.8 Å². The number of amides is 6. The molecule has 0 unspecified atom stereocenters. The number of nitrogens with one attached hydrogen (secondary N) is 2. The van der Waals surface area contributed by atoms with Crippen LogP contribution in [0, 0.1) is 0 Å². The fourth-order valence-electron chi connectivity index (χ4n) is 9.68. The summed E-state index contributed by atoms with van der Waals surface area (Å²) in [7, 11) is -8.24. The Morgan fingerprint density at radius 1 is 0.541 bits per heavy atom. The molecule has 0 aliphatic carbocycles. The van der Waals surface area contributed by atoms with Crippen molar-refractivity contribution >= 4 is 91.7 Å². The van der Waals surface area contributed by atoms with Crippen LogP contribution in [0.25, 0.3) is 0 Å². The summed E-state index contributed by atoms with van der Waals surface area (Å²) in [5.41, 5.74) is 0.940. The Labute approximate surface area is 498 Å². The van der Waals surface area contributed by atoms with E-state index in [0.717, 1.165) is 8.61 Å². The highest BCUT2D eigenvalue weighted by Gasteiger charge is 2.53. The van der Waals surface area contributed by atoms with Crippen LogP contribution in [0.4, 0.5) is 19.2 Å². The van der Waals surface area contributed by atoms with Crippen molar-refractivity contribution < 1.29 is 84.4 Å². The predicted octanol–water partition coefficient (Wildman–Crippen LogP) is 3.55. The molecule has 27 nitrogen and oxygen atoms in total. The highest BCUT2D eigenvalue weighted by atomic mass is 32.2. The molecular weight excluding hydrogens is 1190 g/mol. The Kier molecular flexibility index (Phi) is 19.9. The molecule has 5 heterocycles. The van der Waals surface area contributed by atoms with Crippen molar-refractivity contribution in [2.45, 2.75) is 84.0 Å². The maximum absolute atomic E-state index is 13.7. The van der Waals surface area contributed by atoms with E-state index in [4.69, 9.17) is 18.9 Å². The van der Waals surface area contributed by atoms with Gasteiger partial charge in [-0.2, -0.15) is 8.61 Å². The van der Waals surface area contributed by atoms with Gasteiger partial charge in [-0.1, -0.05) is 42.5 Å². The van der Waals surface area contributed by atoms with Crippen LogP contribution in [0.15, 0.2) is 113 Å². The van der Waals surface area contributed by atoms with E-state index in [1.807, 2.05) is 0 Å². The number of piperazine rings is 2. The fourth-order valence-corrected chi connectivity index (χ4v) is 16.0. The molecule has 6 amide bonds. The summed E-state index contributed by atoms with van der Waals surface area (Å²) in [6.45, 7) is 6.67. The van der Waals surface area contributed by atoms with Crippen molar-refractivity contribution in [1.29, 1.82) is 0 Å². The molecular formula is C54H63N9O18S4. The first-order valence-electron chi connectivity index (χ1n) is 26.5. The molecule has 85 heavy (non-hydrogen) atoms. The number of carbonyl (C=O) groups excluding carboxylic acids is 6. The number of pyridine rings is 1.